The van der Waals surface area contributed by atoms with Crippen LogP contribution in [0.5, 0.6) is 0 Å². The Labute approximate surface area is 160 Å². The molecule has 2 aromatic rings. The van der Waals surface area contributed by atoms with Gasteiger partial charge in [0.1, 0.15) is 0 Å². The van der Waals surface area contributed by atoms with Crippen molar-refractivity contribution in [2.75, 3.05) is 37.6 Å². The first-order valence-electron chi connectivity index (χ1n) is 9.48. The SMILES string of the molecule is CCNC(=NCC1CCN(c2ccccc2)C1)NCCc1ncc(C)s1. The molecule has 3 rings (SSSR count). The summed E-state index contributed by atoms with van der Waals surface area (Å²) >= 11 is 1.77. The maximum Gasteiger partial charge on any atom is 0.191 e. The molecule has 1 aliphatic rings. The van der Waals surface area contributed by atoms with Gasteiger partial charge in [0.2, 0.25) is 0 Å². The fraction of sp³-hybridized carbons (Fsp3) is 0.500. The van der Waals surface area contributed by atoms with Crippen molar-refractivity contribution >= 4 is 23.0 Å². The Hall–Kier alpha value is -2.08. The average Bonchev–Trinajstić information content (AvgIpc) is 3.29. The lowest BCUT2D eigenvalue weighted by Crippen LogP contribution is -2.38. The summed E-state index contributed by atoms with van der Waals surface area (Å²) in [5, 5.41) is 7.97. The van der Waals surface area contributed by atoms with Gasteiger partial charge < -0.3 is 15.5 Å². The van der Waals surface area contributed by atoms with Crippen molar-refractivity contribution < 1.29 is 0 Å². The van der Waals surface area contributed by atoms with Crippen molar-refractivity contribution in [3.63, 3.8) is 0 Å². The molecule has 0 amide bonds. The first kappa shape index (κ1) is 18.7. The minimum atomic E-state index is 0.618. The van der Waals surface area contributed by atoms with Crippen LogP contribution in [0.3, 0.4) is 0 Å². The second-order valence-corrected chi connectivity index (χ2v) is 8.02. The number of aromatic nitrogens is 1. The van der Waals surface area contributed by atoms with Crippen LogP contribution in [0.25, 0.3) is 0 Å². The minimum Gasteiger partial charge on any atom is -0.371 e. The van der Waals surface area contributed by atoms with Crippen LogP contribution in [0.4, 0.5) is 5.69 Å². The van der Waals surface area contributed by atoms with E-state index in [-0.39, 0.29) is 0 Å². The molecule has 140 valence electrons. The number of rotatable bonds is 7. The third-order valence-corrected chi connectivity index (χ3v) is 5.53. The molecule has 1 atom stereocenters. The van der Waals surface area contributed by atoms with Gasteiger partial charge in [0.05, 0.1) is 5.01 Å². The van der Waals surface area contributed by atoms with Crippen molar-refractivity contribution in [3.8, 4) is 0 Å². The normalized spacial score (nSPS) is 17.5. The third-order valence-electron chi connectivity index (χ3n) is 4.56. The van der Waals surface area contributed by atoms with Crippen LogP contribution < -0.4 is 15.5 Å². The van der Waals surface area contributed by atoms with Crippen molar-refractivity contribution in [2.45, 2.75) is 26.7 Å². The summed E-state index contributed by atoms with van der Waals surface area (Å²) in [4.78, 5) is 13.0. The molecule has 1 aliphatic heterocycles. The van der Waals surface area contributed by atoms with Gasteiger partial charge >= 0.3 is 0 Å². The van der Waals surface area contributed by atoms with Crippen molar-refractivity contribution in [3.05, 3.63) is 46.4 Å². The van der Waals surface area contributed by atoms with E-state index in [9.17, 15) is 0 Å². The van der Waals surface area contributed by atoms with Crippen LogP contribution >= 0.6 is 11.3 Å². The highest BCUT2D eigenvalue weighted by molar-refractivity contribution is 7.11. The van der Waals surface area contributed by atoms with E-state index in [0.29, 0.717) is 5.92 Å². The third kappa shape index (κ3) is 5.46. The summed E-state index contributed by atoms with van der Waals surface area (Å²) in [5.41, 5.74) is 1.32. The van der Waals surface area contributed by atoms with E-state index in [1.54, 1.807) is 11.3 Å². The molecule has 0 saturated carbocycles. The number of hydrogen-bond acceptors (Lipinski definition) is 4. The Morgan fingerprint density at radius 3 is 2.88 bits per heavy atom. The fourth-order valence-corrected chi connectivity index (χ4v) is 4.01. The zero-order valence-corrected chi connectivity index (χ0v) is 16.6. The molecule has 1 saturated heterocycles. The number of nitrogens with one attached hydrogen (secondary N) is 2. The number of aliphatic imine (C=N–C) groups is 1. The van der Waals surface area contributed by atoms with Gasteiger partial charge in [-0.25, -0.2) is 4.98 Å². The second-order valence-electron chi connectivity index (χ2n) is 6.70. The van der Waals surface area contributed by atoms with E-state index in [2.05, 4.69) is 64.7 Å². The maximum atomic E-state index is 4.81. The summed E-state index contributed by atoms with van der Waals surface area (Å²) in [7, 11) is 0. The van der Waals surface area contributed by atoms with Gasteiger partial charge in [-0.2, -0.15) is 0 Å². The van der Waals surface area contributed by atoms with E-state index in [0.717, 1.165) is 45.1 Å². The highest BCUT2D eigenvalue weighted by Gasteiger charge is 2.22. The highest BCUT2D eigenvalue weighted by atomic mass is 32.1. The minimum absolute atomic E-state index is 0.618. The number of aryl methyl sites for hydroxylation is 1. The van der Waals surface area contributed by atoms with Crippen LogP contribution in [0.15, 0.2) is 41.5 Å². The Balaban J connectivity index is 1.46. The molecule has 1 unspecified atom stereocenters. The predicted molar refractivity (Wildman–Crippen MR) is 111 cm³/mol. The van der Waals surface area contributed by atoms with E-state index in [4.69, 9.17) is 4.99 Å². The number of guanidine groups is 1. The molecule has 26 heavy (non-hydrogen) atoms. The molecule has 0 spiro atoms. The number of anilines is 1. The molecule has 1 aromatic heterocycles. The monoisotopic (exact) mass is 371 g/mol. The molecular weight excluding hydrogens is 342 g/mol. The molecule has 0 radical (unpaired) electrons. The molecule has 0 bridgehead atoms. The number of nitrogens with zero attached hydrogens (tertiary/aromatic N) is 3. The van der Waals surface area contributed by atoms with Crippen LogP contribution in [0, 0.1) is 12.8 Å². The number of hydrogen-bond donors (Lipinski definition) is 2. The van der Waals surface area contributed by atoms with Crippen molar-refractivity contribution in [2.24, 2.45) is 10.9 Å². The molecular formula is C20H29N5S. The molecule has 0 aliphatic carbocycles. The standard InChI is InChI=1S/C20H29N5S/c1-3-21-20(22-11-9-19-23-13-16(2)26-19)24-14-17-10-12-25(15-17)18-7-5-4-6-8-18/h4-8,13,17H,3,9-12,14-15H2,1-2H3,(H2,21,22,24). The number of benzene rings is 1. The fourth-order valence-electron chi connectivity index (χ4n) is 3.22. The van der Waals surface area contributed by atoms with Crippen LogP contribution in [0.1, 0.15) is 23.2 Å². The van der Waals surface area contributed by atoms with Gasteiger partial charge in [-0.3, -0.25) is 4.99 Å². The lowest BCUT2D eigenvalue weighted by atomic mass is 10.1. The largest absolute Gasteiger partial charge is 0.371 e. The summed E-state index contributed by atoms with van der Waals surface area (Å²) < 4.78 is 0. The van der Waals surface area contributed by atoms with Crippen LogP contribution in [-0.4, -0.2) is 43.7 Å². The Morgan fingerprint density at radius 2 is 2.15 bits per heavy atom. The lowest BCUT2D eigenvalue weighted by Gasteiger charge is -2.18. The summed E-state index contributed by atoms with van der Waals surface area (Å²) in [6, 6.07) is 10.7. The lowest BCUT2D eigenvalue weighted by molar-refractivity contribution is 0.599. The average molecular weight is 372 g/mol. The predicted octanol–water partition coefficient (Wildman–Crippen LogP) is 3.08. The Morgan fingerprint density at radius 1 is 1.31 bits per heavy atom. The van der Waals surface area contributed by atoms with E-state index in [1.165, 1.54) is 22.0 Å². The Bertz CT molecular complexity index is 697. The number of thiazole rings is 1. The van der Waals surface area contributed by atoms with Gasteiger partial charge in [0.25, 0.3) is 0 Å². The zero-order chi connectivity index (χ0) is 18.2. The molecule has 6 heteroatoms. The topological polar surface area (TPSA) is 52.6 Å². The van der Waals surface area contributed by atoms with E-state index < -0.39 is 0 Å². The summed E-state index contributed by atoms with van der Waals surface area (Å²) in [5.74, 6) is 1.53. The number of para-hydroxylation sites is 1. The van der Waals surface area contributed by atoms with Gasteiger partial charge in [-0.1, -0.05) is 18.2 Å². The Kier molecular flexibility index (Phi) is 6.89. The van der Waals surface area contributed by atoms with Crippen molar-refractivity contribution in [1.29, 1.82) is 0 Å². The maximum absolute atomic E-state index is 4.81. The zero-order valence-electron chi connectivity index (χ0n) is 15.7. The molecule has 2 N–H and O–H groups in total. The van der Waals surface area contributed by atoms with Crippen molar-refractivity contribution in [1.82, 2.24) is 15.6 Å². The van der Waals surface area contributed by atoms with Crippen LogP contribution in [-0.2, 0) is 6.42 Å². The first-order chi connectivity index (χ1) is 12.7. The van der Waals surface area contributed by atoms with E-state index in [1.807, 2.05) is 6.20 Å². The van der Waals surface area contributed by atoms with Gasteiger partial charge in [-0.15, -0.1) is 11.3 Å². The van der Waals surface area contributed by atoms with E-state index >= 15 is 0 Å². The molecule has 1 aromatic carbocycles. The van der Waals surface area contributed by atoms with Gasteiger partial charge in [-0.05, 0) is 38.3 Å². The highest BCUT2D eigenvalue weighted by Crippen LogP contribution is 2.23. The molecule has 5 nitrogen and oxygen atoms in total. The molecule has 2 heterocycles. The second kappa shape index (κ2) is 9.57. The van der Waals surface area contributed by atoms with Crippen LogP contribution in [0.2, 0.25) is 0 Å². The van der Waals surface area contributed by atoms with Gasteiger partial charge in [0, 0.05) is 55.9 Å². The smallest absolute Gasteiger partial charge is 0.191 e. The summed E-state index contributed by atoms with van der Waals surface area (Å²) in [6.45, 7) is 9.02. The van der Waals surface area contributed by atoms with Gasteiger partial charge in [0.15, 0.2) is 5.96 Å². The quantitative estimate of drug-likeness (QED) is 0.580. The summed E-state index contributed by atoms with van der Waals surface area (Å²) in [6.07, 6.45) is 4.09. The molecule has 1 fully saturated rings. The first-order valence-corrected chi connectivity index (χ1v) is 10.3.